The molecule has 0 bridgehead atoms. The zero-order valence-corrected chi connectivity index (χ0v) is 10.5. The highest BCUT2D eigenvalue weighted by Gasteiger charge is 2.23. The van der Waals surface area contributed by atoms with E-state index in [4.69, 9.17) is 16.9 Å². The molecule has 1 saturated carbocycles. The molecule has 1 aliphatic carbocycles. The minimum atomic E-state index is -0.153. The molecule has 6 heteroatoms. The molecule has 0 aromatic heterocycles. The molecule has 94 valence electrons. The van der Waals surface area contributed by atoms with Crippen LogP contribution in [-0.4, -0.2) is 18.0 Å². The largest absolute Gasteiger partial charge is 0.370 e. The topological polar surface area (TPSA) is 100 Å². The lowest BCUT2D eigenvalue weighted by Gasteiger charge is -2.27. The summed E-state index contributed by atoms with van der Waals surface area (Å²) < 4.78 is 0. The van der Waals surface area contributed by atoms with E-state index >= 15 is 0 Å². The van der Waals surface area contributed by atoms with Gasteiger partial charge in [-0.25, -0.2) is 4.99 Å². The van der Waals surface area contributed by atoms with Gasteiger partial charge < -0.3 is 11.5 Å². The fraction of sp³-hybridized carbons (Fsp3) is 0.800. The molecule has 1 rings (SSSR count). The maximum absolute atomic E-state index is 7.04. The first-order valence-electron chi connectivity index (χ1n) is 5.57. The summed E-state index contributed by atoms with van der Waals surface area (Å²) in [6, 6.07) is 0.301. The van der Waals surface area contributed by atoms with Crippen LogP contribution in [0, 0.1) is 11.3 Å². The van der Waals surface area contributed by atoms with E-state index in [0.29, 0.717) is 12.0 Å². The molecule has 0 spiro atoms. The minimum absolute atomic E-state index is 0. The van der Waals surface area contributed by atoms with Crippen LogP contribution in [0.5, 0.6) is 0 Å². The van der Waals surface area contributed by atoms with E-state index in [2.05, 4.69) is 17.2 Å². The highest BCUT2D eigenvalue weighted by Crippen LogP contribution is 2.28. The first kappa shape index (κ1) is 15.0. The molecule has 6 N–H and O–H groups in total. The summed E-state index contributed by atoms with van der Waals surface area (Å²) in [6.45, 7) is 2.19. The fourth-order valence-corrected chi connectivity index (χ4v) is 2.18. The average Bonchev–Trinajstić information content (AvgIpc) is 2.17. The normalized spacial score (nSPS) is 25.7. The number of rotatable bonds is 2. The molecule has 0 aromatic rings. The lowest BCUT2D eigenvalue weighted by atomic mass is 9.83. The molecule has 1 aliphatic rings. The summed E-state index contributed by atoms with van der Waals surface area (Å²) in [5.74, 6) is 0.749. The number of hydrogen-bond acceptors (Lipinski definition) is 2. The summed E-state index contributed by atoms with van der Waals surface area (Å²) in [6.07, 6.45) is 5.99. The molecule has 0 radical (unpaired) electrons. The highest BCUT2D eigenvalue weighted by molar-refractivity contribution is 5.95. The van der Waals surface area contributed by atoms with Crippen molar-refractivity contribution < 1.29 is 0 Å². The summed E-state index contributed by atoms with van der Waals surface area (Å²) >= 11 is 0. The van der Waals surface area contributed by atoms with Gasteiger partial charge in [-0.15, -0.1) is 12.4 Å². The number of aliphatic imine (C=N–C) groups is 1. The van der Waals surface area contributed by atoms with E-state index in [1.165, 1.54) is 19.3 Å². The van der Waals surface area contributed by atoms with Crippen LogP contribution in [0.2, 0.25) is 0 Å². The maximum atomic E-state index is 7.04. The summed E-state index contributed by atoms with van der Waals surface area (Å²) in [7, 11) is 0. The van der Waals surface area contributed by atoms with Crippen LogP contribution in [0.15, 0.2) is 4.99 Å². The van der Waals surface area contributed by atoms with Crippen LogP contribution in [0.1, 0.15) is 39.0 Å². The van der Waals surface area contributed by atoms with E-state index < -0.39 is 0 Å². The first-order chi connectivity index (χ1) is 7.13. The Kier molecular flexibility index (Phi) is 6.88. The second-order valence-corrected chi connectivity index (χ2v) is 4.07. The monoisotopic (exact) mass is 247 g/mol. The molecule has 5 nitrogen and oxygen atoms in total. The molecule has 0 aliphatic heterocycles. The van der Waals surface area contributed by atoms with Crippen LogP contribution >= 0.6 is 12.4 Å². The average molecular weight is 248 g/mol. The predicted molar refractivity (Wildman–Crippen MR) is 70.0 cm³/mol. The number of guanidine groups is 2. The second-order valence-electron chi connectivity index (χ2n) is 4.07. The zero-order chi connectivity index (χ0) is 11.3. The molecule has 0 aromatic carbocycles. The molecule has 0 saturated heterocycles. The van der Waals surface area contributed by atoms with Crippen LogP contribution < -0.4 is 16.8 Å². The Bertz CT molecular complexity index is 254. The van der Waals surface area contributed by atoms with Crippen molar-refractivity contribution in [2.45, 2.75) is 45.1 Å². The molecule has 16 heavy (non-hydrogen) atoms. The van der Waals surface area contributed by atoms with Crippen molar-refractivity contribution in [3.63, 3.8) is 0 Å². The lowest BCUT2D eigenvalue weighted by molar-refractivity contribution is 0.301. The summed E-state index contributed by atoms with van der Waals surface area (Å²) in [5, 5.41) is 9.57. The predicted octanol–water partition coefficient (Wildman–Crippen LogP) is 1.17. The Labute approximate surface area is 103 Å². The van der Waals surface area contributed by atoms with E-state index in [-0.39, 0.29) is 24.3 Å². The standard InChI is InChI=1S/C10H21N5.ClH/c1-2-7-5-3-4-6-8(7)14-10(13)15-9(11)12;/h7-8H,2-6H2,1H3,(H6,11,12,13,14,15);1H. The Morgan fingerprint density at radius 1 is 1.38 bits per heavy atom. The Balaban J connectivity index is 0.00000225. The van der Waals surface area contributed by atoms with Crippen molar-refractivity contribution in [3.05, 3.63) is 0 Å². The zero-order valence-electron chi connectivity index (χ0n) is 9.70. The molecule has 1 fully saturated rings. The Hall–Kier alpha value is -0.970. The van der Waals surface area contributed by atoms with E-state index in [9.17, 15) is 0 Å². The fourth-order valence-electron chi connectivity index (χ4n) is 2.18. The van der Waals surface area contributed by atoms with Gasteiger partial charge in [0.1, 0.15) is 0 Å². The van der Waals surface area contributed by atoms with E-state index in [1.54, 1.807) is 0 Å². The van der Waals surface area contributed by atoms with Crippen molar-refractivity contribution in [2.75, 3.05) is 0 Å². The number of hydrogen-bond donors (Lipinski definition) is 4. The van der Waals surface area contributed by atoms with Gasteiger partial charge >= 0.3 is 0 Å². The molecule has 0 heterocycles. The SMILES string of the molecule is CCC1CCCCC1N=C(N)NC(=N)N.Cl. The van der Waals surface area contributed by atoms with Gasteiger partial charge in [0.05, 0.1) is 6.04 Å². The molecule has 2 atom stereocenters. The number of nitrogens with one attached hydrogen (secondary N) is 2. The first-order valence-corrected chi connectivity index (χ1v) is 5.57. The van der Waals surface area contributed by atoms with Crippen LogP contribution in [-0.2, 0) is 0 Å². The van der Waals surface area contributed by atoms with Gasteiger partial charge in [-0.3, -0.25) is 10.7 Å². The Morgan fingerprint density at radius 3 is 2.56 bits per heavy atom. The van der Waals surface area contributed by atoms with Crippen LogP contribution in [0.4, 0.5) is 0 Å². The van der Waals surface area contributed by atoms with Crippen molar-refractivity contribution in [1.29, 1.82) is 5.41 Å². The van der Waals surface area contributed by atoms with Gasteiger partial charge in [-0.05, 0) is 18.8 Å². The second kappa shape index (κ2) is 7.33. The van der Waals surface area contributed by atoms with Gasteiger partial charge in [0.2, 0.25) is 0 Å². The number of halogens is 1. The van der Waals surface area contributed by atoms with Gasteiger partial charge in [0, 0.05) is 0 Å². The van der Waals surface area contributed by atoms with Crippen molar-refractivity contribution in [3.8, 4) is 0 Å². The lowest BCUT2D eigenvalue weighted by Crippen LogP contribution is -2.42. The van der Waals surface area contributed by atoms with Crippen molar-refractivity contribution in [2.24, 2.45) is 22.4 Å². The quantitative estimate of drug-likeness (QED) is 0.435. The van der Waals surface area contributed by atoms with Crippen molar-refractivity contribution in [1.82, 2.24) is 5.32 Å². The van der Waals surface area contributed by atoms with Crippen LogP contribution in [0.25, 0.3) is 0 Å². The highest BCUT2D eigenvalue weighted by atomic mass is 35.5. The van der Waals surface area contributed by atoms with Crippen LogP contribution in [0.3, 0.4) is 0 Å². The molecule has 0 amide bonds. The third kappa shape index (κ3) is 4.70. The summed E-state index contributed by atoms with van der Waals surface area (Å²) in [4.78, 5) is 4.39. The molecule has 2 unspecified atom stereocenters. The smallest absolute Gasteiger partial charge is 0.195 e. The molecular weight excluding hydrogens is 226 g/mol. The number of nitrogens with two attached hydrogens (primary N) is 2. The van der Waals surface area contributed by atoms with Gasteiger partial charge in [-0.2, -0.15) is 0 Å². The van der Waals surface area contributed by atoms with Gasteiger partial charge in [-0.1, -0.05) is 26.2 Å². The third-order valence-corrected chi connectivity index (χ3v) is 2.96. The number of nitrogens with zero attached hydrogens (tertiary/aromatic N) is 1. The minimum Gasteiger partial charge on any atom is -0.370 e. The van der Waals surface area contributed by atoms with Gasteiger partial charge in [0.25, 0.3) is 0 Å². The van der Waals surface area contributed by atoms with Crippen molar-refractivity contribution >= 4 is 24.3 Å². The van der Waals surface area contributed by atoms with E-state index in [0.717, 1.165) is 12.8 Å². The van der Waals surface area contributed by atoms with Gasteiger partial charge in [0.15, 0.2) is 11.9 Å². The Morgan fingerprint density at radius 2 is 2.00 bits per heavy atom. The third-order valence-electron chi connectivity index (χ3n) is 2.96. The maximum Gasteiger partial charge on any atom is 0.195 e. The van der Waals surface area contributed by atoms with E-state index in [1.807, 2.05) is 0 Å². The summed E-state index contributed by atoms with van der Waals surface area (Å²) in [5.41, 5.74) is 10.8. The molecular formula is C10H22ClN5.